The summed E-state index contributed by atoms with van der Waals surface area (Å²) < 4.78 is 26.5. The predicted molar refractivity (Wildman–Crippen MR) is 97.2 cm³/mol. The molecule has 0 aliphatic carbocycles. The molecule has 2 heterocycles. The zero-order valence-electron chi connectivity index (χ0n) is 14.9. The molecule has 1 aliphatic rings. The maximum absolute atomic E-state index is 12.0. The smallest absolute Gasteiger partial charge is 0.229 e. The normalized spacial score (nSPS) is 15.2. The number of hydrogen-bond donors (Lipinski definition) is 2. The zero-order valence-corrected chi connectivity index (χ0v) is 15.8. The van der Waals surface area contributed by atoms with Gasteiger partial charge >= 0.3 is 0 Å². The Hall–Kier alpha value is -2.27. The molecule has 0 radical (unpaired) electrons. The first kappa shape index (κ1) is 20.0. The Morgan fingerprint density at radius 3 is 2.54 bits per heavy atom. The van der Waals surface area contributed by atoms with Crippen molar-refractivity contribution in [3.63, 3.8) is 0 Å². The van der Waals surface area contributed by atoms with Gasteiger partial charge in [0.2, 0.25) is 21.8 Å². The Morgan fingerprint density at radius 2 is 1.88 bits per heavy atom. The lowest BCUT2D eigenvalue weighted by atomic mass is 10.1. The molecule has 0 aromatic carbocycles. The van der Waals surface area contributed by atoms with Gasteiger partial charge in [0.1, 0.15) is 0 Å². The van der Waals surface area contributed by atoms with Gasteiger partial charge in [-0.25, -0.2) is 13.1 Å². The number of anilines is 2. The van der Waals surface area contributed by atoms with Crippen molar-refractivity contribution in [3.8, 4) is 0 Å². The first-order valence-corrected chi connectivity index (χ1v) is 9.98. The highest BCUT2D eigenvalue weighted by molar-refractivity contribution is 7.89. The van der Waals surface area contributed by atoms with E-state index < -0.39 is 10.0 Å². The molecule has 26 heavy (non-hydrogen) atoms. The fourth-order valence-corrected chi connectivity index (χ4v) is 3.40. The Morgan fingerprint density at radius 1 is 1.19 bits per heavy atom. The molecule has 11 heteroatoms. The summed E-state index contributed by atoms with van der Waals surface area (Å²) in [6.07, 6.45) is 2.73. The first-order valence-electron chi connectivity index (χ1n) is 8.33. The Bertz CT molecular complexity index is 736. The van der Waals surface area contributed by atoms with Crippen molar-refractivity contribution in [2.24, 2.45) is 0 Å². The fourth-order valence-electron chi connectivity index (χ4n) is 2.42. The van der Waals surface area contributed by atoms with Crippen LogP contribution in [0.4, 0.5) is 11.5 Å². The van der Waals surface area contributed by atoms with Gasteiger partial charge in [0, 0.05) is 52.6 Å². The van der Waals surface area contributed by atoms with Gasteiger partial charge in [-0.05, 0) is 6.42 Å². The molecule has 0 saturated carbocycles. The van der Waals surface area contributed by atoms with Crippen LogP contribution in [0.25, 0.3) is 0 Å². The largest absolute Gasteiger partial charge is 0.376 e. The van der Waals surface area contributed by atoms with E-state index in [2.05, 4.69) is 20.2 Å². The molecule has 1 aromatic rings. The van der Waals surface area contributed by atoms with Gasteiger partial charge in [-0.1, -0.05) is 0 Å². The van der Waals surface area contributed by atoms with E-state index in [0.717, 1.165) is 10.6 Å². The third-order valence-corrected chi connectivity index (χ3v) is 5.24. The summed E-state index contributed by atoms with van der Waals surface area (Å²) in [6, 6.07) is 1.80. The van der Waals surface area contributed by atoms with Gasteiger partial charge < -0.3 is 10.2 Å². The number of rotatable bonds is 9. The second kappa shape index (κ2) is 8.90. The van der Waals surface area contributed by atoms with Crippen molar-refractivity contribution in [2.45, 2.75) is 19.3 Å². The van der Waals surface area contributed by atoms with Crippen LogP contribution in [0.2, 0.25) is 0 Å². The molecule has 0 bridgehead atoms. The molecule has 1 aliphatic heterocycles. The van der Waals surface area contributed by atoms with E-state index >= 15 is 0 Å². The van der Waals surface area contributed by atoms with Gasteiger partial charge in [0.25, 0.3) is 0 Å². The minimum atomic E-state index is -3.58. The summed E-state index contributed by atoms with van der Waals surface area (Å²) in [5, 5.41) is 10.8. The van der Waals surface area contributed by atoms with Gasteiger partial charge in [0.05, 0.1) is 17.6 Å². The molecule has 1 saturated heterocycles. The standard InChI is InChI=1S/C15H24N6O4S/c1-20(2)12-10-13(19-17-11-12)16-6-7-18-26(24,25)9-8-21-14(22)4-3-5-15(21)23/h10-11,18H,3-9H2,1-2H3,(H,16,19). The van der Waals surface area contributed by atoms with Crippen molar-refractivity contribution >= 4 is 33.3 Å². The SMILES string of the molecule is CN(C)c1cnnc(NCCNS(=O)(=O)CCN2C(=O)CCCC2=O)c1. The van der Waals surface area contributed by atoms with Crippen LogP contribution in [0.3, 0.4) is 0 Å². The Kier molecular flexibility index (Phi) is 6.86. The van der Waals surface area contributed by atoms with E-state index in [-0.39, 0.29) is 43.5 Å². The second-order valence-corrected chi connectivity index (χ2v) is 8.05. The summed E-state index contributed by atoms with van der Waals surface area (Å²) in [7, 11) is 0.179. The van der Waals surface area contributed by atoms with E-state index in [1.807, 2.05) is 19.0 Å². The van der Waals surface area contributed by atoms with Crippen molar-refractivity contribution in [1.29, 1.82) is 0 Å². The number of likely N-dealkylation sites (tertiary alicyclic amines) is 1. The molecular formula is C15H24N6O4S. The summed E-state index contributed by atoms with van der Waals surface area (Å²) in [5.74, 6) is -0.379. The number of nitrogens with one attached hydrogen (secondary N) is 2. The summed E-state index contributed by atoms with van der Waals surface area (Å²) in [6.45, 7) is 0.362. The predicted octanol–water partition coefficient (Wildman–Crippen LogP) is -0.587. The van der Waals surface area contributed by atoms with Crippen LogP contribution >= 0.6 is 0 Å². The monoisotopic (exact) mass is 384 g/mol. The number of hydrogen-bond acceptors (Lipinski definition) is 8. The van der Waals surface area contributed by atoms with Crippen LogP contribution in [-0.4, -0.2) is 74.8 Å². The Labute approximate surface area is 153 Å². The van der Waals surface area contributed by atoms with Crippen LogP contribution in [0.1, 0.15) is 19.3 Å². The minimum Gasteiger partial charge on any atom is -0.376 e. The van der Waals surface area contributed by atoms with Gasteiger partial charge in [-0.2, -0.15) is 5.10 Å². The van der Waals surface area contributed by atoms with E-state index in [0.29, 0.717) is 18.8 Å². The van der Waals surface area contributed by atoms with Gasteiger partial charge in [-0.15, -0.1) is 5.10 Å². The first-order chi connectivity index (χ1) is 12.3. The van der Waals surface area contributed by atoms with Crippen LogP contribution in [0.5, 0.6) is 0 Å². The molecule has 1 aromatic heterocycles. The molecule has 1 fully saturated rings. The molecular weight excluding hydrogens is 360 g/mol. The highest BCUT2D eigenvalue weighted by Gasteiger charge is 2.26. The van der Waals surface area contributed by atoms with Crippen LogP contribution in [-0.2, 0) is 19.6 Å². The van der Waals surface area contributed by atoms with Gasteiger partial charge in [-0.3, -0.25) is 14.5 Å². The topological polar surface area (TPSA) is 125 Å². The molecule has 0 unspecified atom stereocenters. The van der Waals surface area contributed by atoms with Crippen molar-refractivity contribution < 1.29 is 18.0 Å². The van der Waals surface area contributed by atoms with Gasteiger partial charge in [0.15, 0.2) is 5.82 Å². The third kappa shape index (κ3) is 5.92. The summed E-state index contributed by atoms with van der Waals surface area (Å²) in [5.41, 5.74) is 0.874. The van der Waals surface area contributed by atoms with E-state index in [1.165, 1.54) is 0 Å². The minimum absolute atomic E-state index is 0.114. The number of amides is 2. The summed E-state index contributed by atoms with van der Waals surface area (Å²) in [4.78, 5) is 26.3. The average molecular weight is 384 g/mol. The van der Waals surface area contributed by atoms with Crippen LogP contribution < -0.4 is 14.9 Å². The van der Waals surface area contributed by atoms with E-state index in [1.54, 1.807) is 12.3 Å². The van der Waals surface area contributed by atoms with Crippen LogP contribution in [0, 0.1) is 0 Å². The number of nitrogens with zero attached hydrogens (tertiary/aromatic N) is 4. The molecule has 10 nitrogen and oxygen atoms in total. The average Bonchev–Trinajstić information content (AvgIpc) is 2.58. The third-order valence-electron chi connectivity index (χ3n) is 3.88. The molecule has 2 rings (SSSR count). The van der Waals surface area contributed by atoms with Crippen molar-refractivity contribution in [2.75, 3.05) is 49.7 Å². The fraction of sp³-hybridized carbons (Fsp3) is 0.600. The number of carbonyl (C=O) groups is 2. The lowest BCUT2D eigenvalue weighted by molar-refractivity contribution is -0.147. The summed E-state index contributed by atoms with van der Waals surface area (Å²) >= 11 is 0. The van der Waals surface area contributed by atoms with Crippen molar-refractivity contribution in [3.05, 3.63) is 12.3 Å². The van der Waals surface area contributed by atoms with Crippen LogP contribution in [0.15, 0.2) is 12.3 Å². The number of piperidine rings is 1. The number of carbonyl (C=O) groups excluding carboxylic acids is 2. The molecule has 2 amide bonds. The quantitative estimate of drug-likeness (QED) is 0.428. The highest BCUT2D eigenvalue weighted by atomic mass is 32.2. The highest BCUT2D eigenvalue weighted by Crippen LogP contribution is 2.13. The van der Waals surface area contributed by atoms with E-state index in [4.69, 9.17) is 0 Å². The molecule has 0 atom stereocenters. The Balaban J connectivity index is 1.75. The second-order valence-electron chi connectivity index (χ2n) is 6.13. The maximum atomic E-state index is 12.0. The van der Waals surface area contributed by atoms with E-state index in [9.17, 15) is 18.0 Å². The maximum Gasteiger partial charge on any atom is 0.229 e. The zero-order chi connectivity index (χ0) is 19.2. The molecule has 0 spiro atoms. The number of sulfonamides is 1. The lowest BCUT2D eigenvalue weighted by Crippen LogP contribution is -2.44. The number of aromatic nitrogens is 2. The van der Waals surface area contributed by atoms with Crippen molar-refractivity contribution in [1.82, 2.24) is 19.8 Å². The molecule has 2 N–H and O–H groups in total. The lowest BCUT2D eigenvalue weighted by Gasteiger charge is -2.24. The molecule has 144 valence electrons. The number of imide groups is 1.